The molecule has 5 nitrogen and oxygen atoms in total. The van der Waals surface area contributed by atoms with E-state index in [0.717, 1.165) is 16.0 Å². The number of nitrogens with one attached hydrogen (secondary N) is 2. The minimum Gasteiger partial charge on any atom is -0.495 e. The van der Waals surface area contributed by atoms with Crippen LogP contribution in [0.1, 0.15) is 17.2 Å². The molecular weight excluding hydrogens is 400 g/mol. The number of benzene rings is 3. The smallest absolute Gasteiger partial charge is 0.287 e. The number of ether oxygens (including phenoxy) is 1. The van der Waals surface area contributed by atoms with E-state index in [1.165, 1.54) is 0 Å². The quantitative estimate of drug-likeness (QED) is 0.493. The molecule has 0 fully saturated rings. The standard InChI is InChI=1S/C24H25ClN2O3/c1-30-22-13-12-20(16-21(22)25)26-24(29)23(19-10-6-3-7-11-19)27(14-15-28)17-18-8-4-2-5-9-18/h2-13,16,23,28H,14-15,17H2,1H3,(H,26,29)/p+1/t23-/m1/s1. The first kappa shape index (κ1) is 21.8. The fourth-order valence-electron chi connectivity index (χ4n) is 3.51. The molecular formula is C24H26ClN2O3+. The van der Waals surface area contributed by atoms with Gasteiger partial charge in [0.15, 0.2) is 6.04 Å². The molecule has 3 rings (SSSR count). The summed E-state index contributed by atoms with van der Waals surface area (Å²) in [5, 5.41) is 13.1. The summed E-state index contributed by atoms with van der Waals surface area (Å²) in [6.45, 7) is 1.02. The molecule has 1 unspecified atom stereocenters. The van der Waals surface area contributed by atoms with Gasteiger partial charge in [-0.2, -0.15) is 0 Å². The molecule has 0 aliphatic heterocycles. The molecule has 0 spiro atoms. The summed E-state index contributed by atoms with van der Waals surface area (Å²) in [6.07, 6.45) is 0. The number of methoxy groups -OCH3 is 1. The maximum absolute atomic E-state index is 13.4. The van der Waals surface area contributed by atoms with Gasteiger partial charge < -0.3 is 20.1 Å². The van der Waals surface area contributed by atoms with Crippen molar-refractivity contribution in [1.29, 1.82) is 0 Å². The molecule has 3 aromatic rings. The van der Waals surface area contributed by atoms with Crippen molar-refractivity contribution in [2.75, 3.05) is 25.6 Å². The van der Waals surface area contributed by atoms with Crippen LogP contribution in [0.15, 0.2) is 78.9 Å². The lowest BCUT2D eigenvalue weighted by atomic mass is 10.0. The molecule has 6 heteroatoms. The SMILES string of the molecule is COc1ccc(NC(=O)[C@@H](c2ccccc2)[NH+](CCO)Cc2ccccc2)cc1Cl. The average molecular weight is 426 g/mol. The van der Waals surface area contributed by atoms with E-state index in [1.807, 2.05) is 60.7 Å². The normalized spacial score (nSPS) is 12.8. The monoisotopic (exact) mass is 425 g/mol. The molecule has 1 amide bonds. The molecule has 3 N–H and O–H groups in total. The van der Waals surface area contributed by atoms with Crippen molar-refractivity contribution < 1.29 is 19.5 Å². The third kappa shape index (κ3) is 5.60. The van der Waals surface area contributed by atoms with Crippen molar-refractivity contribution in [3.05, 3.63) is 95.0 Å². The molecule has 0 aromatic heterocycles. The highest BCUT2D eigenvalue weighted by atomic mass is 35.5. The summed E-state index contributed by atoms with van der Waals surface area (Å²) in [7, 11) is 1.55. The number of carbonyl (C=O) groups is 1. The van der Waals surface area contributed by atoms with Gasteiger partial charge in [-0.3, -0.25) is 4.79 Å². The second-order valence-corrected chi connectivity index (χ2v) is 7.38. The summed E-state index contributed by atoms with van der Waals surface area (Å²) < 4.78 is 5.18. The van der Waals surface area contributed by atoms with Gasteiger partial charge in [0.1, 0.15) is 18.8 Å². The highest BCUT2D eigenvalue weighted by Crippen LogP contribution is 2.27. The van der Waals surface area contributed by atoms with E-state index >= 15 is 0 Å². The molecule has 3 aromatic carbocycles. The Morgan fingerprint density at radius 3 is 2.33 bits per heavy atom. The number of halogens is 1. The van der Waals surface area contributed by atoms with Gasteiger partial charge in [-0.25, -0.2) is 0 Å². The van der Waals surface area contributed by atoms with Crippen LogP contribution in [-0.2, 0) is 11.3 Å². The Morgan fingerprint density at radius 1 is 1.07 bits per heavy atom. The number of aliphatic hydroxyl groups excluding tert-OH is 1. The molecule has 30 heavy (non-hydrogen) atoms. The van der Waals surface area contributed by atoms with Crippen LogP contribution in [0.2, 0.25) is 5.02 Å². The summed E-state index contributed by atoms with van der Waals surface area (Å²) >= 11 is 6.21. The Kier molecular flexibility index (Phi) is 7.85. The predicted molar refractivity (Wildman–Crippen MR) is 119 cm³/mol. The maximum Gasteiger partial charge on any atom is 0.287 e. The van der Waals surface area contributed by atoms with Crippen LogP contribution >= 0.6 is 11.6 Å². The number of aliphatic hydroxyl groups is 1. The van der Waals surface area contributed by atoms with Gasteiger partial charge in [0, 0.05) is 16.8 Å². The highest BCUT2D eigenvalue weighted by molar-refractivity contribution is 6.32. The topological polar surface area (TPSA) is 63.0 Å². The molecule has 0 aliphatic carbocycles. The third-order valence-electron chi connectivity index (χ3n) is 4.93. The number of amides is 1. The van der Waals surface area contributed by atoms with E-state index in [0.29, 0.717) is 29.5 Å². The van der Waals surface area contributed by atoms with E-state index < -0.39 is 6.04 Å². The molecule has 156 valence electrons. The zero-order valence-electron chi connectivity index (χ0n) is 16.8. The summed E-state index contributed by atoms with van der Waals surface area (Å²) in [6, 6.07) is 24.2. The Balaban J connectivity index is 1.90. The molecule has 0 saturated heterocycles. The minimum absolute atomic E-state index is 0.0207. The van der Waals surface area contributed by atoms with Crippen LogP contribution in [0.4, 0.5) is 5.69 Å². The molecule has 0 aliphatic rings. The lowest BCUT2D eigenvalue weighted by Crippen LogP contribution is -3.12. The first-order valence-electron chi connectivity index (χ1n) is 9.81. The third-order valence-corrected chi connectivity index (χ3v) is 5.22. The van der Waals surface area contributed by atoms with Crippen molar-refractivity contribution in [3.63, 3.8) is 0 Å². The van der Waals surface area contributed by atoms with Crippen LogP contribution < -0.4 is 15.0 Å². The minimum atomic E-state index is -0.501. The van der Waals surface area contributed by atoms with E-state index in [4.69, 9.17) is 16.3 Å². The Bertz CT molecular complexity index is 951. The second-order valence-electron chi connectivity index (χ2n) is 6.98. The van der Waals surface area contributed by atoms with Gasteiger partial charge >= 0.3 is 0 Å². The fraction of sp³-hybridized carbons (Fsp3) is 0.208. The lowest BCUT2D eigenvalue weighted by molar-refractivity contribution is -0.935. The highest BCUT2D eigenvalue weighted by Gasteiger charge is 2.31. The number of hydrogen-bond donors (Lipinski definition) is 3. The predicted octanol–water partition coefficient (Wildman–Crippen LogP) is 3.11. The molecule has 0 heterocycles. The van der Waals surface area contributed by atoms with E-state index in [1.54, 1.807) is 25.3 Å². The summed E-state index contributed by atoms with van der Waals surface area (Å²) in [5.74, 6) is 0.382. The van der Waals surface area contributed by atoms with Gasteiger partial charge in [-0.1, -0.05) is 72.3 Å². The van der Waals surface area contributed by atoms with Crippen molar-refractivity contribution >= 4 is 23.2 Å². The van der Waals surface area contributed by atoms with Crippen molar-refractivity contribution in [2.24, 2.45) is 0 Å². The van der Waals surface area contributed by atoms with Crippen molar-refractivity contribution in [2.45, 2.75) is 12.6 Å². The molecule has 0 saturated carbocycles. The largest absolute Gasteiger partial charge is 0.495 e. The summed E-state index contributed by atoms with van der Waals surface area (Å²) in [5.41, 5.74) is 2.57. The lowest BCUT2D eigenvalue weighted by Gasteiger charge is -2.28. The van der Waals surface area contributed by atoms with Crippen LogP contribution in [0, 0.1) is 0 Å². The van der Waals surface area contributed by atoms with Gasteiger partial charge in [-0.15, -0.1) is 0 Å². The van der Waals surface area contributed by atoms with Crippen molar-refractivity contribution in [3.8, 4) is 5.75 Å². The van der Waals surface area contributed by atoms with Crippen LogP contribution in [-0.4, -0.2) is 31.3 Å². The Hall–Kier alpha value is -2.86. The van der Waals surface area contributed by atoms with E-state index in [2.05, 4.69) is 5.32 Å². The number of quaternary nitrogens is 1. The van der Waals surface area contributed by atoms with Gasteiger partial charge in [0.2, 0.25) is 0 Å². The van der Waals surface area contributed by atoms with Crippen LogP contribution in [0.3, 0.4) is 0 Å². The van der Waals surface area contributed by atoms with Crippen LogP contribution in [0.25, 0.3) is 0 Å². The van der Waals surface area contributed by atoms with Crippen LogP contribution in [0.5, 0.6) is 5.75 Å². The first-order valence-corrected chi connectivity index (χ1v) is 10.2. The Labute approximate surface area is 181 Å². The van der Waals surface area contributed by atoms with E-state index in [9.17, 15) is 9.90 Å². The molecule has 0 radical (unpaired) electrons. The summed E-state index contributed by atoms with van der Waals surface area (Å²) in [4.78, 5) is 14.3. The number of anilines is 1. The first-order chi connectivity index (χ1) is 14.6. The van der Waals surface area contributed by atoms with Crippen molar-refractivity contribution in [1.82, 2.24) is 0 Å². The zero-order valence-corrected chi connectivity index (χ0v) is 17.6. The van der Waals surface area contributed by atoms with Gasteiger partial charge in [-0.05, 0) is 18.2 Å². The van der Waals surface area contributed by atoms with Gasteiger partial charge in [0.25, 0.3) is 5.91 Å². The Morgan fingerprint density at radius 2 is 1.73 bits per heavy atom. The number of carbonyl (C=O) groups excluding carboxylic acids is 1. The average Bonchev–Trinajstić information content (AvgIpc) is 2.76. The van der Waals surface area contributed by atoms with E-state index in [-0.39, 0.29) is 12.5 Å². The van der Waals surface area contributed by atoms with Gasteiger partial charge in [0.05, 0.1) is 18.7 Å². The molecule has 0 bridgehead atoms. The molecule has 2 atom stereocenters. The fourth-order valence-corrected chi connectivity index (χ4v) is 3.77. The zero-order chi connectivity index (χ0) is 21.3. The number of hydrogen-bond acceptors (Lipinski definition) is 3. The second kappa shape index (κ2) is 10.8. The number of rotatable bonds is 9. The maximum atomic E-state index is 13.4.